The standard InChI is InChI=1S/C10H18N2O3S/c11-16(14,15)8-4-7-12-10(13)9-5-2-1-3-6-9/h1-2,9H,3-8H2,(H,12,13)(H2,11,14,15). The fourth-order valence-corrected chi connectivity index (χ4v) is 2.21. The molecule has 1 aliphatic rings. The van der Waals surface area contributed by atoms with Crippen molar-refractivity contribution < 1.29 is 13.2 Å². The Morgan fingerprint density at radius 3 is 2.75 bits per heavy atom. The molecular formula is C10H18N2O3S. The molecule has 6 heteroatoms. The van der Waals surface area contributed by atoms with E-state index in [1.165, 1.54) is 0 Å². The van der Waals surface area contributed by atoms with Crippen molar-refractivity contribution >= 4 is 15.9 Å². The van der Waals surface area contributed by atoms with Gasteiger partial charge in [0.2, 0.25) is 15.9 Å². The number of hydrogen-bond acceptors (Lipinski definition) is 3. The molecule has 1 unspecified atom stereocenters. The molecule has 0 bridgehead atoms. The Hall–Kier alpha value is -0.880. The zero-order valence-electron chi connectivity index (χ0n) is 9.19. The Balaban J connectivity index is 2.18. The maximum Gasteiger partial charge on any atom is 0.223 e. The predicted molar refractivity (Wildman–Crippen MR) is 62.1 cm³/mol. The van der Waals surface area contributed by atoms with Gasteiger partial charge in [0.25, 0.3) is 0 Å². The quantitative estimate of drug-likeness (QED) is 0.534. The van der Waals surface area contributed by atoms with Crippen molar-refractivity contribution in [1.29, 1.82) is 0 Å². The van der Waals surface area contributed by atoms with Gasteiger partial charge >= 0.3 is 0 Å². The normalized spacial score (nSPS) is 20.7. The van der Waals surface area contributed by atoms with E-state index in [0.29, 0.717) is 13.0 Å². The monoisotopic (exact) mass is 246 g/mol. The molecule has 3 N–H and O–H groups in total. The molecule has 0 saturated heterocycles. The van der Waals surface area contributed by atoms with E-state index in [1.807, 2.05) is 6.08 Å². The molecule has 0 heterocycles. The summed E-state index contributed by atoms with van der Waals surface area (Å²) >= 11 is 0. The second-order valence-electron chi connectivity index (χ2n) is 3.99. The van der Waals surface area contributed by atoms with E-state index in [1.54, 1.807) is 0 Å². The van der Waals surface area contributed by atoms with E-state index in [2.05, 4.69) is 11.4 Å². The summed E-state index contributed by atoms with van der Waals surface area (Å²) in [5, 5.41) is 7.58. The summed E-state index contributed by atoms with van der Waals surface area (Å²) in [6.07, 6.45) is 7.05. The molecule has 0 aromatic rings. The van der Waals surface area contributed by atoms with Gasteiger partial charge in [-0.25, -0.2) is 13.6 Å². The van der Waals surface area contributed by atoms with Crippen LogP contribution in [-0.2, 0) is 14.8 Å². The van der Waals surface area contributed by atoms with Gasteiger partial charge in [-0.2, -0.15) is 0 Å². The summed E-state index contributed by atoms with van der Waals surface area (Å²) in [6, 6.07) is 0. The van der Waals surface area contributed by atoms with Gasteiger partial charge in [-0.1, -0.05) is 12.2 Å². The summed E-state index contributed by atoms with van der Waals surface area (Å²) in [6.45, 7) is 0.371. The average molecular weight is 246 g/mol. The van der Waals surface area contributed by atoms with E-state index in [0.717, 1.165) is 19.3 Å². The minimum Gasteiger partial charge on any atom is -0.356 e. The lowest BCUT2D eigenvalue weighted by Crippen LogP contribution is -2.33. The van der Waals surface area contributed by atoms with Gasteiger partial charge in [0.1, 0.15) is 0 Å². The minimum absolute atomic E-state index is 0.0127. The SMILES string of the molecule is NS(=O)(=O)CCCNC(=O)C1CC=CCC1. The molecule has 0 spiro atoms. The number of nitrogens with two attached hydrogens (primary N) is 1. The number of rotatable bonds is 5. The van der Waals surface area contributed by atoms with Crippen LogP contribution in [0.3, 0.4) is 0 Å². The van der Waals surface area contributed by atoms with E-state index in [4.69, 9.17) is 5.14 Å². The molecule has 92 valence electrons. The molecule has 1 amide bonds. The van der Waals surface area contributed by atoms with Gasteiger partial charge in [-0.05, 0) is 25.7 Å². The third kappa shape index (κ3) is 5.27. The number of nitrogens with one attached hydrogen (secondary N) is 1. The van der Waals surface area contributed by atoms with Crippen LogP contribution in [0.4, 0.5) is 0 Å². The van der Waals surface area contributed by atoms with Gasteiger partial charge in [-0.3, -0.25) is 4.79 Å². The first-order valence-electron chi connectivity index (χ1n) is 5.42. The Kier molecular flexibility index (Phi) is 4.95. The highest BCUT2D eigenvalue weighted by Crippen LogP contribution is 2.17. The highest BCUT2D eigenvalue weighted by Gasteiger charge is 2.17. The van der Waals surface area contributed by atoms with Crippen molar-refractivity contribution in [3.63, 3.8) is 0 Å². The third-order valence-electron chi connectivity index (χ3n) is 2.54. The smallest absolute Gasteiger partial charge is 0.223 e. The van der Waals surface area contributed by atoms with Crippen LogP contribution in [0.2, 0.25) is 0 Å². The lowest BCUT2D eigenvalue weighted by Gasteiger charge is -2.16. The molecule has 1 atom stereocenters. The maximum absolute atomic E-state index is 11.6. The molecule has 16 heavy (non-hydrogen) atoms. The van der Waals surface area contributed by atoms with Crippen molar-refractivity contribution in [3.05, 3.63) is 12.2 Å². The van der Waals surface area contributed by atoms with E-state index < -0.39 is 10.0 Å². The maximum atomic E-state index is 11.6. The van der Waals surface area contributed by atoms with Gasteiger partial charge in [0.05, 0.1) is 5.75 Å². The molecule has 0 aromatic heterocycles. The number of primary sulfonamides is 1. The Morgan fingerprint density at radius 1 is 1.44 bits per heavy atom. The predicted octanol–water partition coefficient (Wildman–Crippen LogP) is 0.137. The third-order valence-corrected chi connectivity index (χ3v) is 3.40. The molecule has 5 nitrogen and oxygen atoms in total. The van der Waals surface area contributed by atoms with E-state index >= 15 is 0 Å². The van der Waals surface area contributed by atoms with Crippen LogP contribution < -0.4 is 10.5 Å². The van der Waals surface area contributed by atoms with Crippen LogP contribution in [0.1, 0.15) is 25.7 Å². The highest BCUT2D eigenvalue weighted by molar-refractivity contribution is 7.89. The van der Waals surface area contributed by atoms with Crippen LogP contribution in [0, 0.1) is 5.92 Å². The lowest BCUT2D eigenvalue weighted by atomic mass is 9.94. The summed E-state index contributed by atoms with van der Waals surface area (Å²) < 4.78 is 21.3. The molecule has 0 fully saturated rings. The topological polar surface area (TPSA) is 89.3 Å². The van der Waals surface area contributed by atoms with Crippen molar-refractivity contribution in [2.45, 2.75) is 25.7 Å². The molecule has 0 aliphatic heterocycles. The molecule has 0 aromatic carbocycles. The summed E-state index contributed by atoms with van der Waals surface area (Å²) in [4.78, 5) is 11.6. The van der Waals surface area contributed by atoms with Crippen LogP contribution in [0.5, 0.6) is 0 Å². The number of amides is 1. The Morgan fingerprint density at radius 2 is 2.19 bits per heavy atom. The Labute approximate surface area is 96.1 Å². The largest absolute Gasteiger partial charge is 0.356 e. The second-order valence-corrected chi connectivity index (χ2v) is 5.73. The molecule has 0 saturated carbocycles. The van der Waals surface area contributed by atoms with Gasteiger partial charge in [-0.15, -0.1) is 0 Å². The second kappa shape index (κ2) is 6.00. The average Bonchev–Trinajstić information content (AvgIpc) is 2.24. The first-order chi connectivity index (χ1) is 7.49. The number of carbonyl (C=O) groups is 1. The van der Waals surface area contributed by atoms with Gasteiger partial charge in [0.15, 0.2) is 0 Å². The number of sulfonamides is 1. The zero-order valence-corrected chi connectivity index (χ0v) is 10.0. The van der Waals surface area contributed by atoms with Crippen molar-refractivity contribution in [2.24, 2.45) is 11.1 Å². The van der Waals surface area contributed by atoms with E-state index in [-0.39, 0.29) is 17.6 Å². The molecule has 1 rings (SSSR count). The lowest BCUT2D eigenvalue weighted by molar-refractivity contribution is -0.125. The zero-order chi connectivity index (χ0) is 12.0. The van der Waals surface area contributed by atoms with Crippen molar-refractivity contribution in [1.82, 2.24) is 5.32 Å². The number of hydrogen-bond donors (Lipinski definition) is 2. The first kappa shape index (κ1) is 13.2. The summed E-state index contributed by atoms with van der Waals surface area (Å²) in [7, 11) is -3.41. The fraction of sp³-hybridized carbons (Fsp3) is 0.700. The fourth-order valence-electron chi connectivity index (χ4n) is 1.66. The van der Waals surface area contributed by atoms with Crippen LogP contribution in [-0.4, -0.2) is 26.6 Å². The van der Waals surface area contributed by atoms with E-state index in [9.17, 15) is 13.2 Å². The van der Waals surface area contributed by atoms with Gasteiger partial charge in [0, 0.05) is 12.5 Å². The van der Waals surface area contributed by atoms with Crippen LogP contribution in [0.25, 0.3) is 0 Å². The first-order valence-corrected chi connectivity index (χ1v) is 7.14. The summed E-state index contributed by atoms with van der Waals surface area (Å²) in [5.74, 6) is -0.0315. The highest BCUT2D eigenvalue weighted by atomic mass is 32.2. The molecule has 1 aliphatic carbocycles. The van der Waals surface area contributed by atoms with Crippen LogP contribution >= 0.6 is 0 Å². The number of allylic oxidation sites excluding steroid dienone is 2. The van der Waals surface area contributed by atoms with Crippen LogP contribution in [0.15, 0.2) is 12.2 Å². The molecule has 0 radical (unpaired) electrons. The molecular weight excluding hydrogens is 228 g/mol. The Bertz CT molecular complexity index is 362. The summed E-state index contributed by atoms with van der Waals surface area (Å²) in [5.41, 5.74) is 0. The number of carbonyl (C=O) groups excluding carboxylic acids is 1. The van der Waals surface area contributed by atoms with Crippen molar-refractivity contribution in [3.8, 4) is 0 Å². The van der Waals surface area contributed by atoms with Crippen molar-refractivity contribution in [2.75, 3.05) is 12.3 Å². The van der Waals surface area contributed by atoms with Gasteiger partial charge < -0.3 is 5.32 Å². The minimum atomic E-state index is -3.41.